The fraction of sp³-hybridized carbons (Fsp3) is 0.286. The van der Waals surface area contributed by atoms with Gasteiger partial charge in [-0.3, -0.25) is 9.48 Å². The van der Waals surface area contributed by atoms with Crippen LogP contribution in [-0.2, 0) is 17.8 Å². The molecular weight excluding hydrogens is 240 g/mol. The maximum atomic E-state index is 11.7. The van der Waals surface area contributed by atoms with Crippen LogP contribution in [0.4, 0.5) is 5.82 Å². The molecule has 1 heterocycles. The van der Waals surface area contributed by atoms with Gasteiger partial charge in [0, 0.05) is 12.7 Å². The second-order valence-corrected chi connectivity index (χ2v) is 4.46. The van der Waals surface area contributed by atoms with Gasteiger partial charge in [-0.15, -0.1) is 0 Å². The Hall–Kier alpha value is -2.30. The molecule has 0 spiro atoms. The molecule has 0 saturated heterocycles. The number of nitrogens with two attached hydrogens (primary N) is 1. The SMILES string of the molecule is Cc1ccccc1CCNC(=O)Cn1ccc(N)n1. The molecule has 5 nitrogen and oxygen atoms in total. The summed E-state index contributed by atoms with van der Waals surface area (Å²) in [7, 11) is 0. The van der Waals surface area contributed by atoms with Crippen LogP contribution >= 0.6 is 0 Å². The molecule has 2 aromatic rings. The first kappa shape index (κ1) is 13.1. The minimum Gasteiger partial charge on any atom is -0.382 e. The molecule has 0 aliphatic rings. The summed E-state index contributed by atoms with van der Waals surface area (Å²) in [6, 6.07) is 9.84. The minimum atomic E-state index is -0.0586. The summed E-state index contributed by atoms with van der Waals surface area (Å²) in [5, 5.41) is 6.84. The number of aromatic nitrogens is 2. The molecule has 0 aliphatic heterocycles. The third kappa shape index (κ3) is 3.84. The molecule has 0 aliphatic carbocycles. The van der Waals surface area contributed by atoms with Gasteiger partial charge in [0.25, 0.3) is 0 Å². The second kappa shape index (κ2) is 6.04. The van der Waals surface area contributed by atoms with Crippen molar-refractivity contribution in [2.45, 2.75) is 19.9 Å². The van der Waals surface area contributed by atoms with Crippen molar-refractivity contribution in [1.29, 1.82) is 0 Å². The lowest BCUT2D eigenvalue weighted by Gasteiger charge is -2.07. The first-order valence-corrected chi connectivity index (χ1v) is 6.25. The second-order valence-electron chi connectivity index (χ2n) is 4.46. The number of anilines is 1. The lowest BCUT2D eigenvalue weighted by Crippen LogP contribution is -2.29. The Morgan fingerprint density at radius 1 is 1.37 bits per heavy atom. The number of hydrogen-bond donors (Lipinski definition) is 2. The fourth-order valence-corrected chi connectivity index (χ4v) is 1.90. The molecule has 100 valence electrons. The number of amides is 1. The minimum absolute atomic E-state index is 0.0586. The molecule has 1 amide bonds. The van der Waals surface area contributed by atoms with E-state index in [0.717, 1.165) is 6.42 Å². The van der Waals surface area contributed by atoms with Crippen LogP contribution in [-0.4, -0.2) is 22.2 Å². The predicted octanol–water partition coefficient (Wildman–Crippen LogP) is 1.13. The summed E-state index contributed by atoms with van der Waals surface area (Å²) in [5.41, 5.74) is 7.99. The number of aryl methyl sites for hydroxylation is 1. The van der Waals surface area contributed by atoms with E-state index in [2.05, 4.69) is 29.5 Å². The average Bonchev–Trinajstić information content (AvgIpc) is 2.77. The Balaban J connectivity index is 1.77. The topological polar surface area (TPSA) is 72.9 Å². The Labute approximate surface area is 112 Å². The predicted molar refractivity (Wildman–Crippen MR) is 74.5 cm³/mol. The Morgan fingerprint density at radius 2 is 2.16 bits per heavy atom. The molecule has 0 bridgehead atoms. The van der Waals surface area contributed by atoms with Gasteiger partial charge in [0.1, 0.15) is 12.4 Å². The standard InChI is InChI=1S/C14H18N4O/c1-11-4-2-3-5-12(11)6-8-16-14(19)10-18-9-7-13(15)17-18/h2-5,7,9H,6,8,10H2,1H3,(H2,15,17)(H,16,19). The summed E-state index contributed by atoms with van der Waals surface area (Å²) in [6.45, 7) is 2.90. The number of hydrogen-bond acceptors (Lipinski definition) is 3. The summed E-state index contributed by atoms with van der Waals surface area (Å²) in [5.74, 6) is 0.365. The van der Waals surface area contributed by atoms with Crippen molar-refractivity contribution in [1.82, 2.24) is 15.1 Å². The van der Waals surface area contributed by atoms with Gasteiger partial charge in [0.15, 0.2) is 0 Å². The van der Waals surface area contributed by atoms with E-state index in [9.17, 15) is 4.79 Å². The molecule has 2 rings (SSSR count). The lowest BCUT2D eigenvalue weighted by molar-refractivity contribution is -0.121. The Bertz CT molecular complexity index is 562. The molecule has 0 radical (unpaired) electrons. The third-order valence-corrected chi connectivity index (χ3v) is 2.94. The Kier molecular flexibility index (Phi) is 4.18. The highest BCUT2D eigenvalue weighted by Gasteiger charge is 2.04. The van der Waals surface area contributed by atoms with Gasteiger partial charge < -0.3 is 11.1 Å². The van der Waals surface area contributed by atoms with Gasteiger partial charge in [-0.25, -0.2) is 0 Å². The van der Waals surface area contributed by atoms with E-state index in [4.69, 9.17) is 5.73 Å². The molecule has 3 N–H and O–H groups in total. The normalized spacial score (nSPS) is 10.4. The highest BCUT2D eigenvalue weighted by atomic mass is 16.2. The van der Waals surface area contributed by atoms with Gasteiger partial charge in [0.2, 0.25) is 5.91 Å². The van der Waals surface area contributed by atoms with Crippen LogP contribution in [0.25, 0.3) is 0 Å². The van der Waals surface area contributed by atoms with Gasteiger partial charge in [-0.1, -0.05) is 24.3 Å². The summed E-state index contributed by atoms with van der Waals surface area (Å²) in [4.78, 5) is 11.7. The van der Waals surface area contributed by atoms with E-state index >= 15 is 0 Å². The smallest absolute Gasteiger partial charge is 0.241 e. The van der Waals surface area contributed by atoms with Crippen LogP contribution < -0.4 is 11.1 Å². The van der Waals surface area contributed by atoms with Crippen LogP contribution in [0.15, 0.2) is 36.5 Å². The number of benzene rings is 1. The monoisotopic (exact) mass is 258 g/mol. The van der Waals surface area contributed by atoms with Crippen molar-refractivity contribution in [2.75, 3.05) is 12.3 Å². The molecule has 0 saturated carbocycles. The van der Waals surface area contributed by atoms with Crippen LogP contribution in [0, 0.1) is 6.92 Å². The van der Waals surface area contributed by atoms with Gasteiger partial charge >= 0.3 is 0 Å². The fourth-order valence-electron chi connectivity index (χ4n) is 1.90. The average molecular weight is 258 g/mol. The van der Waals surface area contributed by atoms with Crippen molar-refractivity contribution in [3.63, 3.8) is 0 Å². The zero-order valence-electron chi connectivity index (χ0n) is 11.0. The molecule has 0 fully saturated rings. The first-order valence-electron chi connectivity index (χ1n) is 6.25. The summed E-state index contributed by atoms with van der Waals surface area (Å²) in [6.07, 6.45) is 2.52. The van der Waals surface area contributed by atoms with Crippen molar-refractivity contribution in [3.05, 3.63) is 47.7 Å². The van der Waals surface area contributed by atoms with E-state index in [1.54, 1.807) is 12.3 Å². The quantitative estimate of drug-likeness (QED) is 0.844. The van der Waals surface area contributed by atoms with Crippen LogP contribution in [0.2, 0.25) is 0 Å². The molecule has 5 heteroatoms. The largest absolute Gasteiger partial charge is 0.382 e. The number of rotatable bonds is 5. The molecule has 0 unspecified atom stereocenters. The van der Waals surface area contributed by atoms with Crippen LogP contribution in [0.3, 0.4) is 0 Å². The molecule has 0 atom stereocenters. The van der Waals surface area contributed by atoms with E-state index in [0.29, 0.717) is 12.4 Å². The van der Waals surface area contributed by atoms with Gasteiger partial charge in [0.05, 0.1) is 0 Å². The third-order valence-electron chi connectivity index (χ3n) is 2.94. The van der Waals surface area contributed by atoms with E-state index < -0.39 is 0 Å². The number of carbonyl (C=O) groups is 1. The van der Waals surface area contributed by atoms with E-state index in [1.807, 2.05) is 12.1 Å². The molecule has 1 aromatic heterocycles. The van der Waals surface area contributed by atoms with Crippen molar-refractivity contribution < 1.29 is 4.79 Å². The highest BCUT2D eigenvalue weighted by Crippen LogP contribution is 2.06. The number of nitrogens with zero attached hydrogens (tertiary/aromatic N) is 2. The zero-order valence-corrected chi connectivity index (χ0v) is 11.0. The maximum Gasteiger partial charge on any atom is 0.241 e. The number of carbonyl (C=O) groups excluding carboxylic acids is 1. The van der Waals surface area contributed by atoms with Crippen molar-refractivity contribution in [3.8, 4) is 0 Å². The van der Waals surface area contributed by atoms with Crippen LogP contribution in [0.1, 0.15) is 11.1 Å². The van der Waals surface area contributed by atoms with Gasteiger partial charge in [-0.05, 0) is 30.5 Å². The summed E-state index contributed by atoms with van der Waals surface area (Å²) < 4.78 is 1.53. The van der Waals surface area contributed by atoms with Crippen molar-refractivity contribution in [2.24, 2.45) is 0 Å². The Morgan fingerprint density at radius 3 is 2.84 bits per heavy atom. The highest BCUT2D eigenvalue weighted by molar-refractivity contribution is 5.75. The molecule has 19 heavy (non-hydrogen) atoms. The zero-order chi connectivity index (χ0) is 13.7. The van der Waals surface area contributed by atoms with Gasteiger partial charge in [-0.2, -0.15) is 5.10 Å². The number of nitrogen functional groups attached to an aromatic ring is 1. The van der Waals surface area contributed by atoms with E-state index in [-0.39, 0.29) is 12.5 Å². The lowest BCUT2D eigenvalue weighted by atomic mass is 10.1. The van der Waals surface area contributed by atoms with Crippen LogP contribution in [0.5, 0.6) is 0 Å². The summed E-state index contributed by atoms with van der Waals surface area (Å²) >= 11 is 0. The van der Waals surface area contributed by atoms with Crippen molar-refractivity contribution >= 4 is 11.7 Å². The number of nitrogens with one attached hydrogen (secondary N) is 1. The first-order chi connectivity index (χ1) is 9.15. The molecular formula is C14H18N4O. The molecule has 1 aromatic carbocycles. The van der Waals surface area contributed by atoms with E-state index in [1.165, 1.54) is 15.8 Å². The maximum absolute atomic E-state index is 11.7.